The van der Waals surface area contributed by atoms with Gasteiger partial charge in [-0.2, -0.15) is 0 Å². The number of hydrogen-bond donors (Lipinski definition) is 3. The molecule has 0 radical (unpaired) electrons. The van der Waals surface area contributed by atoms with Crippen molar-refractivity contribution < 1.29 is 27.9 Å². The zero-order valence-corrected chi connectivity index (χ0v) is 23.7. The number of anilines is 2. The van der Waals surface area contributed by atoms with E-state index in [1.807, 2.05) is 20.8 Å². The lowest BCUT2D eigenvalue weighted by Gasteiger charge is -2.37. The highest BCUT2D eigenvalue weighted by Gasteiger charge is 2.66. The van der Waals surface area contributed by atoms with Crippen molar-refractivity contribution in [2.24, 2.45) is 5.41 Å². The number of benzene rings is 2. The van der Waals surface area contributed by atoms with Crippen LogP contribution in [0.3, 0.4) is 0 Å². The summed E-state index contributed by atoms with van der Waals surface area (Å²) in [6, 6.07) is 10.7. The lowest BCUT2D eigenvalue weighted by atomic mass is 9.62. The molecule has 0 saturated carbocycles. The number of carbonyl (C=O) groups is 3. The van der Waals surface area contributed by atoms with Gasteiger partial charge in [0.2, 0.25) is 23.5 Å². The second-order valence-corrected chi connectivity index (χ2v) is 12.1. The summed E-state index contributed by atoms with van der Waals surface area (Å²) in [5, 5.41) is 9.27. The number of esters is 1. The third-order valence-corrected chi connectivity index (χ3v) is 7.99. The Morgan fingerprint density at radius 1 is 1.15 bits per heavy atom. The van der Waals surface area contributed by atoms with Gasteiger partial charge in [-0.1, -0.05) is 62.2 Å². The first kappa shape index (κ1) is 28.1. The van der Waals surface area contributed by atoms with Gasteiger partial charge in [-0.25, -0.2) is 9.18 Å². The lowest BCUT2D eigenvalue weighted by Crippen LogP contribution is -2.49. The van der Waals surface area contributed by atoms with Crippen molar-refractivity contribution in [1.29, 1.82) is 0 Å². The minimum absolute atomic E-state index is 0.00565. The molecule has 0 bridgehead atoms. The van der Waals surface area contributed by atoms with E-state index in [-0.39, 0.29) is 33.6 Å². The van der Waals surface area contributed by atoms with Crippen LogP contribution in [0.1, 0.15) is 54.8 Å². The maximum Gasteiger partial charge on any atom is 0.374 e. The standard InChI is InChI=1S/C29H28Cl2FN3O5/c1-28(2,3)13-20-29(16-9-8-14(30)12-18(16)33-27(29)38)22(15-6-5-7-17(31)23(15)32)24(34-20)25(36)35-21-11-10-19(40-21)26(37)39-4/h5-12,20,22,24,34H,13H2,1-4H3,(H,33,38)(H,35,36). The SMILES string of the molecule is COC(=O)c1ccc(NC(=O)C2NC(CC(C)(C)C)C3(C(=O)Nc4cc(Cl)ccc43)C2c2cccc(Cl)c2F)o1. The van der Waals surface area contributed by atoms with Crippen molar-refractivity contribution in [2.45, 2.75) is 50.6 Å². The molecule has 40 heavy (non-hydrogen) atoms. The predicted octanol–water partition coefficient (Wildman–Crippen LogP) is 5.90. The van der Waals surface area contributed by atoms with E-state index in [9.17, 15) is 14.4 Å². The zero-order chi connectivity index (χ0) is 29.0. The monoisotopic (exact) mass is 587 g/mol. The van der Waals surface area contributed by atoms with Gasteiger partial charge < -0.3 is 19.8 Å². The number of fused-ring (bicyclic) bond motifs is 2. The molecule has 3 heterocycles. The van der Waals surface area contributed by atoms with Gasteiger partial charge in [0.1, 0.15) is 11.2 Å². The average Bonchev–Trinajstić information content (AvgIpc) is 3.55. The Labute approximate surface area is 240 Å². The van der Waals surface area contributed by atoms with Gasteiger partial charge in [0.05, 0.1) is 18.2 Å². The number of hydrogen-bond acceptors (Lipinski definition) is 6. The number of furan rings is 1. The predicted molar refractivity (Wildman–Crippen MR) is 149 cm³/mol. The quantitative estimate of drug-likeness (QED) is 0.320. The number of nitrogens with one attached hydrogen (secondary N) is 3. The highest BCUT2D eigenvalue weighted by Crippen LogP contribution is 2.57. The van der Waals surface area contributed by atoms with E-state index >= 15 is 4.39 Å². The van der Waals surface area contributed by atoms with Crippen LogP contribution in [0.15, 0.2) is 52.9 Å². The maximum absolute atomic E-state index is 15.8. The summed E-state index contributed by atoms with van der Waals surface area (Å²) in [6.45, 7) is 6.08. The Morgan fingerprint density at radius 3 is 2.60 bits per heavy atom. The molecule has 4 unspecified atom stereocenters. The molecule has 1 aromatic heterocycles. The van der Waals surface area contributed by atoms with E-state index < -0.39 is 41.1 Å². The Kier molecular flexibility index (Phi) is 7.18. The highest BCUT2D eigenvalue weighted by molar-refractivity contribution is 6.31. The van der Waals surface area contributed by atoms with Crippen LogP contribution in [0.2, 0.25) is 10.0 Å². The number of amides is 2. The fourth-order valence-corrected chi connectivity index (χ4v) is 6.32. The molecule has 210 valence electrons. The normalized spacial score (nSPS) is 23.7. The van der Waals surface area contributed by atoms with Gasteiger partial charge in [-0.15, -0.1) is 0 Å². The third kappa shape index (κ3) is 4.66. The minimum Gasteiger partial charge on any atom is -0.463 e. The Bertz CT molecular complexity index is 1520. The molecule has 5 rings (SSSR count). The summed E-state index contributed by atoms with van der Waals surface area (Å²) < 4.78 is 25.9. The van der Waals surface area contributed by atoms with Gasteiger partial charge in [-0.3, -0.25) is 14.9 Å². The number of carbonyl (C=O) groups excluding carboxylic acids is 3. The van der Waals surface area contributed by atoms with Crippen LogP contribution in [-0.2, 0) is 19.7 Å². The number of ether oxygens (including phenoxy) is 1. The summed E-state index contributed by atoms with van der Waals surface area (Å²) in [5.41, 5.74) is -0.445. The third-order valence-electron chi connectivity index (χ3n) is 7.46. The summed E-state index contributed by atoms with van der Waals surface area (Å²) in [5.74, 6) is -3.51. The van der Waals surface area contributed by atoms with Crippen LogP contribution in [0.5, 0.6) is 0 Å². The van der Waals surface area contributed by atoms with Gasteiger partial charge in [-0.05, 0) is 47.2 Å². The first-order valence-electron chi connectivity index (χ1n) is 12.7. The van der Waals surface area contributed by atoms with Gasteiger partial charge in [0, 0.05) is 28.7 Å². The Morgan fingerprint density at radius 2 is 1.90 bits per heavy atom. The maximum atomic E-state index is 15.8. The van der Waals surface area contributed by atoms with Gasteiger partial charge >= 0.3 is 5.97 Å². The van der Waals surface area contributed by atoms with E-state index in [1.54, 1.807) is 30.3 Å². The average molecular weight is 588 g/mol. The summed E-state index contributed by atoms with van der Waals surface area (Å²) in [6.07, 6.45) is 0.470. The van der Waals surface area contributed by atoms with Crippen LogP contribution in [0.25, 0.3) is 0 Å². The minimum atomic E-state index is -1.39. The molecule has 1 spiro atoms. The Hall–Kier alpha value is -3.40. The molecule has 4 atom stereocenters. The Balaban J connectivity index is 1.68. The van der Waals surface area contributed by atoms with Crippen molar-refractivity contribution in [3.63, 3.8) is 0 Å². The zero-order valence-electron chi connectivity index (χ0n) is 22.2. The van der Waals surface area contributed by atoms with E-state index in [1.165, 1.54) is 25.3 Å². The van der Waals surface area contributed by atoms with Crippen LogP contribution in [0, 0.1) is 11.2 Å². The molecule has 2 aromatic carbocycles. The van der Waals surface area contributed by atoms with Crippen molar-refractivity contribution in [3.8, 4) is 0 Å². The smallest absolute Gasteiger partial charge is 0.374 e. The molecular weight excluding hydrogens is 560 g/mol. The second-order valence-electron chi connectivity index (χ2n) is 11.2. The lowest BCUT2D eigenvalue weighted by molar-refractivity contribution is -0.122. The van der Waals surface area contributed by atoms with Crippen molar-refractivity contribution >= 4 is 52.6 Å². The summed E-state index contributed by atoms with van der Waals surface area (Å²) in [7, 11) is 1.21. The molecule has 3 aromatic rings. The van der Waals surface area contributed by atoms with E-state index in [2.05, 4.69) is 20.7 Å². The highest BCUT2D eigenvalue weighted by atomic mass is 35.5. The molecular formula is C29H28Cl2FN3O5. The molecule has 8 nitrogen and oxygen atoms in total. The molecule has 11 heteroatoms. The number of halogens is 3. The first-order chi connectivity index (χ1) is 18.9. The van der Waals surface area contributed by atoms with Crippen molar-refractivity contribution in [2.75, 3.05) is 17.7 Å². The molecule has 1 saturated heterocycles. The molecule has 0 aliphatic carbocycles. The molecule has 2 amide bonds. The van der Waals surface area contributed by atoms with Crippen molar-refractivity contribution in [1.82, 2.24) is 5.32 Å². The number of methoxy groups -OCH3 is 1. The molecule has 2 aliphatic heterocycles. The van der Waals surface area contributed by atoms with E-state index in [4.69, 9.17) is 27.6 Å². The fourth-order valence-electron chi connectivity index (χ4n) is 5.97. The van der Waals surface area contributed by atoms with E-state index in [0.717, 1.165) is 0 Å². The van der Waals surface area contributed by atoms with Crippen LogP contribution < -0.4 is 16.0 Å². The van der Waals surface area contributed by atoms with Gasteiger partial charge in [0.25, 0.3) is 0 Å². The fraction of sp³-hybridized carbons (Fsp3) is 0.345. The van der Waals surface area contributed by atoms with Crippen LogP contribution in [-0.4, -0.2) is 37.0 Å². The summed E-state index contributed by atoms with van der Waals surface area (Å²) >= 11 is 12.5. The van der Waals surface area contributed by atoms with Crippen LogP contribution >= 0.6 is 23.2 Å². The summed E-state index contributed by atoms with van der Waals surface area (Å²) in [4.78, 5) is 39.9. The first-order valence-corrected chi connectivity index (χ1v) is 13.4. The van der Waals surface area contributed by atoms with Crippen molar-refractivity contribution in [3.05, 3.63) is 81.3 Å². The molecule has 3 N–H and O–H groups in total. The van der Waals surface area contributed by atoms with E-state index in [0.29, 0.717) is 22.7 Å². The topological polar surface area (TPSA) is 110 Å². The van der Waals surface area contributed by atoms with Gasteiger partial charge in [0.15, 0.2) is 0 Å². The largest absolute Gasteiger partial charge is 0.463 e. The molecule has 2 aliphatic rings. The van der Waals surface area contributed by atoms with Crippen LogP contribution in [0.4, 0.5) is 16.0 Å². The number of rotatable bonds is 5. The molecule has 1 fully saturated rings. The second kappa shape index (κ2) is 10.2.